The van der Waals surface area contributed by atoms with E-state index in [-0.39, 0.29) is 11.3 Å². The van der Waals surface area contributed by atoms with E-state index in [9.17, 15) is 4.79 Å². The first-order valence-corrected chi connectivity index (χ1v) is 5.67. The first-order chi connectivity index (χ1) is 6.40. The van der Waals surface area contributed by atoms with Crippen LogP contribution in [-0.4, -0.2) is 12.5 Å². The lowest BCUT2D eigenvalue weighted by Crippen LogP contribution is -2.36. The van der Waals surface area contributed by atoms with Gasteiger partial charge in [0.1, 0.15) is 0 Å². The number of unbranched alkanes of at least 4 members (excludes halogenated alkanes) is 1. The Kier molecular flexibility index (Phi) is 5.82. The highest BCUT2D eigenvalue weighted by Gasteiger charge is 2.22. The molecule has 0 fully saturated rings. The minimum Gasteiger partial charge on any atom is -0.356 e. The summed E-state index contributed by atoms with van der Waals surface area (Å²) in [6, 6.07) is 0. The molecule has 2 heteroatoms. The van der Waals surface area contributed by atoms with Crippen LogP contribution in [0, 0.1) is 11.3 Å². The van der Waals surface area contributed by atoms with Crippen LogP contribution in [0.2, 0.25) is 0 Å². The Morgan fingerprint density at radius 3 is 2.36 bits per heavy atom. The number of rotatable bonds is 6. The van der Waals surface area contributed by atoms with Gasteiger partial charge >= 0.3 is 0 Å². The van der Waals surface area contributed by atoms with Gasteiger partial charge in [-0.25, -0.2) is 0 Å². The Hall–Kier alpha value is -0.530. The number of nitrogens with one attached hydrogen (secondary N) is 1. The van der Waals surface area contributed by atoms with Crippen molar-refractivity contribution in [2.45, 2.75) is 53.9 Å². The molecule has 0 bridgehead atoms. The Morgan fingerprint density at radius 1 is 1.36 bits per heavy atom. The van der Waals surface area contributed by atoms with Crippen molar-refractivity contribution in [2.24, 2.45) is 11.3 Å². The van der Waals surface area contributed by atoms with E-state index in [0.717, 1.165) is 19.4 Å². The normalized spacial score (nSPS) is 11.9. The molecule has 0 saturated heterocycles. The van der Waals surface area contributed by atoms with Crippen LogP contribution in [0.5, 0.6) is 0 Å². The van der Waals surface area contributed by atoms with Crippen LogP contribution >= 0.6 is 0 Å². The number of hydrogen-bond donors (Lipinski definition) is 1. The maximum atomic E-state index is 11.4. The van der Waals surface area contributed by atoms with Crippen molar-refractivity contribution >= 4 is 5.91 Å². The largest absolute Gasteiger partial charge is 0.356 e. The van der Waals surface area contributed by atoms with Gasteiger partial charge in [-0.15, -0.1) is 0 Å². The van der Waals surface area contributed by atoms with E-state index < -0.39 is 0 Å². The highest BCUT2D eigenvalue weighted by Crippen LogP contribution is 2.24. The van der Waals surface area contributed by atoms with Crippen molar-refractivity contribution in [3.63, 3.8) is 0 Å². The predicted octanol–water partition coefficient (Wildman–Crippen LogP) is 2.98. The van der Waals surface area contributed by atoms with Gasteiger partial charge in [0.15, 0.2) is 0 Å². The molecule has 0 aliphatic carbocycles. The average Bonchev–Trinajstić information content (AvgIpc) is 2.11. The third-order valence-corrected chi connectivity index (χ3v) is 3.06. The number of hydrogen-bond acceptors (Lipinski definition) is 1. The smallest absolute Gasteiger partial charge is 0.220 e. The number of amides is 1. The van der Waals surface area contributed by atoms with Crippen LogP contribution in [0.4, 0.5) is 0 Å². The summed E-state index contributed by atoms with van der Waals surface area (Å²) in [5, 5.41) is 3.00. The van der Waals surface area contributed by atoms with Gasteiger partial charge in [-0.05, 0) is 17.8 Å². The van der Waals surface area contributed by atoms with Crippen molar-refractivity contribution < 1.29 is 4.79 Å². The monoisotopic (exact) mass is 199 g/mol. The second-order valence-corrected chi connectivity index (χ2v) is 5.02. The minimum atomic E-state index is 0.195. The van der Waals surface area contributed by atoms with Gasteiger partial charge in [0.05, 0.1) is 0 Å². The lowest BCUT2D eigenvalue weighted by atomic mass is 9.81. The summed E-state index contributed by atoms with van der Waals surface area (Å²) >= 11 is 0. The molecule has 84 valence electrons. The van der Waals surface area contributed by atoms with E-state index >= 15 is 0 Å². The van der Waals surface area contributed by atoms with Crippen LogP contribution in [-0.2, 0) is 4.79 Å². The molecule has 14 heavy (non-hydrogen) atoms. The fourth-order valence-electron chi connectivity index (χ4n) is 0.956. The highest BCUT2D eigenvalue weighted by molar-refractivity contribution is 5.75. The lowest BCUT2D eigenvalue weighted by Gasteiger charge is -2.29. The Morgan fingerprint density at radius 2 is 1.93 bits per heavy atom. The van der Waals surface area contributed by atoms with Gasteiger partial charge in [-0.3, -0.25) is 4.79 Å². The third kappa shape index (κ3) is 5.25. The standard InChI is InChI=1S/C12H25NO/c1-6-7-8-11(14)13-9-12(4,5)10(2)3/h10H,6-9H2,1-5H3,(H,13,14). The molecule has 0 aliphatic heterocycles. The molecule has 0 heterocycles. The molecule has 0 aromatic heterocycles. The number of carbonyl (C=O) groups is 1. The van der Waals surface area contributed by atoms with Gasteiger partial charge in [0, 0.05) is 13.0 Å². The van der Waals surface area contributed by atoms with Crippen molar-refractivity contribution in [1.29, 1.82) is 0 Å². The molecular formula is C12H25NO. The Bertz CT molecular complexity index is 173. The first kappa shape index (κ1) is 13.5. The van der Waals surface area contributed by atoms with Gasteiger partial charge in [-0.2, -0.15) is 0 Å². The zero-order valence-electron chi connectivity index (χ0n) is 10.3. The van der Waals surface area contributed by atoms with Gasteiger partial charge in [-0.1, -0.05) is 41.0 Å². The maximum absolute atomic E-state index is 11.4. The molecule has 0 aliphatic rings. The van der Waals surface area contributed by atoms with Gasteiger partial charge < -0.3 is 5.32 Å². The summed E-state index contributed by atoms with van der Waals surface area (Å²) in [5.41, 5.74) is 0.196. The van der Waals surface area contributed by atoms with E-state index in [1.165, 1.54) is 0 Å². The third-order valence-electron chi connectivity index (χ3n) is 3.06. The predicted molar refractivity (Wildman–Crippen MR) is 61.2 cm³/mol. The van der Waals surface area contributed by atoms with E-state index in [4.69, 9.17) is 0 Å². The molecule has 0 atom stereocenters. The van der Waals surface area contributed by atoms with Gasteiger partial charge in [0.2, 0.25) is 5.91 Å². The molecule has 0 aromatic rings. The number of carbonyl (C=O) groups excluding carboxylic acids is 1. The Labute approximate surface area is 88.5 Å². The lowest BCUT2D eigenvalue weighted by molar-refractivity contribution is -0.121. The van der Waals surface area contributed by atoms with Crippen LogP contribution in [0.3, 0.4) is 0 Å². The van der Waals surface area contributed by atoms with Crippen molar-refractivity contribution in [2.75, 3.05) is 6.54 Å². The fraction of sp³-hybridized carbons (Fsp3) is 0.917. The van der Waals surface area contributed by atoms with Crippen LogP contribution < -0.4 is 5.32 Å². The molecule has 1 amide bonds. The SMILES string of the molecule is CCCCC(=O)NCC(C)(C)C(C)C. The molecule has 0 saturated carbocycles. The summed E-state index contributed by atoms with van der Waals surface area (Å²) in [7, 11) is 0. The molecular weight excluding hydrogens is 174 g/mol. The second-order valence-electron chi connectivity index (χ2n) is 5.02. The second kappa shape index (κ2) is 6.05. The van der Waals surface area contributed by atoms with E-state index in [1.807, 2.05) is 0 Å². The highest BCUT2D eigenvalue weighted by atomic mass is 16.1. The minimum absolute atomic E-state index is 0.195. The zero-order chi connectivity index (χ0) is 11.2. The summed E-state index contributed by atoms with van der Waals surface area (Å²) in [6.07, 6.45) is 2.75. The van der Waals surface area contributed by atoms with E-state index in [0.29, 0.717) is 12.3 Å². The molecule has 0 spiro atoms. The van der Waals surface area contributed by atoms with E-state index in [1.54, 1.807) is 0 Å². The quantitative estimate of drug-likeness (QED) is 0.700. The molecule has 0 aromatic carbocycles. The summed E-state index contributed by atoms with van der Waals surface area (Å²) < 4.78 is 0. The van der Waals surface area contributed by atoms with Crippen molar-refractivity contribution in [3.8, 4) is 0 Å². The maximum Gasteiger partial charge on any atom is 0.220 e. The average molecular weight is 199 g/mol. The van der Waals surface area contributed by atoms with Crippen LogP contribution in [0.25, 0.3) is 0 Å². The Balaban J connectivity index is 3.76. The molecule has 0 unspecified atom stereocenters. The van der Waals surface area contributed by atoms with Crippen molar-refractivity contribution in [3.05, 3.63) is 0 Å². The molecule has 1 N–H and O–H groups in total. The van der Waals surface area contributed by atoms with E-state index in [2.05, 4.69) is 39.9 Å². The topological polar surface area (TPSA) is 29.1 Å². The molecule has 0 rings (SSSR count). The fourth-order valence-corrected chi connectivity index (χ4v) is 0.956. The first-order valence-electron chi connectivity index (χ1n) is 5.67. The van der Waals surface area contributed by atoms with Crippen LogP contribution in [0.1, 0.15) is 53.9 Å². The molecule has 2 nitrogen and oxygen atoms in total. The van der Waals surface area contributed by atoms with Crippen molar-refractivity contribution in [1.82, 2.24) is 5.32 Å². The summed E-state index contributed by atoms with van der Waals surface area (Å²) in [4.78, 5) is 11.4. The molecule has 0 radical (unpaired) electrons. The zero-order valence-corrected chi connectivity index (χ0v) is 10.3. The van der Waals surface area contributed by atoms with Crippen LogP contribution in [0.15, 0.2) is 0 Å². The summed E-state index contributed by atoms with van der Waals surface area (Å²) in [6.45, 7) is 11.7. The van der Waals surface area contributed by atoms with Gasteiger partial charge in [0.25, 0.3) is 0 Å². The summed E-state index contributed by atoms with van der Waals surface area (Å²) in [5.74, 6) is 0.787.